The van der Waals surface area contributed by atoms with E-state index in [0.717, 1.165) is 19.1 Å². The number of rotatable bonds is 2. The first-order valence-corrected chi connectivity index (χ1v) is 3.28. The molecule has 0 bridgehead atoms. The fourth-order valence-corrected chi connectivity index (χ4v) is 1.11. The minimum absolute atomic E-state index is 0.00523. The fraction of sp³-hybridized carbons (Fsp3) is 0.667. The molecule has 0 atom stereocenters. The number of nitrogens with two attached hydrogens (primary N) is 1. The Bertz CT molecular complexity index is 151. The van der Waals surface area contributed by atoms with Gasteiger partial charge < -0.3 is 15.8 Å². The summed E-state index contributed by atoms with van der Waals surface area (Å²) in [7, 11) is 0. The molecular formula is C6H11N3O. The molecule has 0 spiro atoms. The van der Waals surface area contributed by atoms with Gasteiger partial charge in [-0.1, -0.05) is 0 Å². The van der Waals surface area contributed by atoms with Crippen LogP contribution in [0, 0.1) is 11.3 Å². The topological polar surface area (TPSA) is 79.0 Å². The molecule has 0 radical (unpaired) electrons. The third kappa shape index (κ3) is 1.46. The third-order valence-electron chi connectivity index (χ3n) is 1.73. The number of aldehydes is 1. The Morgan fingerprint density at radius 3 is 2.70 bits per heavy atom. The molecule has 4 N–H and O–H groups in total. The Kier molecular flexibility index (Phi) is 1.89. The maximum absolute atomic E-state index is 10.1. The molecule has 10 heavy (non-hydrogen) atoms. The van der Waals surface area contributed by atoms with Crippen LogP contribution in [-0.4, -0.2) is 18.3 Å². The van der Waals surface area contributed by atoms with Crippen molar-refractivity contribution in [3.05, 3.63) is 0 Å². The molecule has 1 aliphatic rings. The second kappa shape index (κ2) is 2.68. The Morgan fingerprint density at radius 1 is 1.70 bits per heavy atom. The molecule has 4 heteroatoms. The van der Waals surface area contributed by atoms with Crippen molar-refractivity contribution in [2.24, 2.45) is 11.7 Å². The van der Waals surface area contributed by atoms with Gasteiger partial charge in [-0.3, -0.25) is 5.41 Å². The van der Waals surface area contributed by atoms with Crippen LogP contribution < -0.4 is 11.1 Å². The summed E-state index contributed by atoms with van der Waals surface area (Å²) in [6.07, 6.45) is 2.60. The molecule has 4 nitrogen and oxygen atoms in total. The summed E-state index contributed by atoms with van der Waals surface area (Å²) in [5.41, 5.74) is 5.07. The van der Waals surface area contributed by atoms with E-state index < -0.39 is 0 Å². The van der Waals surface area contributed by atoms with Crippen molar-refractivity contribution in [2.45, 2.75) is 18.9 Å². The second-order valence-electron chi connectivity index (χ2n) is 2.62. The van der Waals surface area contributed by atoms with Gasteiger partial charge >= 0.3 is 0 Å². The quantitative estimate of drug-likeness (QED) is 0.274. The second-order valence-corrected chi connectivity index (χ2v) is 2.62. The van der Waals surface area contributed by atoms with Crippen molar-refractivity contribution in [2.75, 3.05) is 0 Å². The average molecular weight is 141 g/mol. The summed E-state index contributed by atoms with van der Waals surface area (Å²) in [5, 5.41) is 9.61. The molecule has 0 unspecified atom stereocenters. The summed E-state index contributed by atoms with van der Waals surface area (Å²) in [5.74, 6) is 0.186. The summed E-state index contributed by atoms with van der Waals surface area (Å²) >= 11 is 0. The molecule has 1 aliphatic carbocycles. The van der Waals surface area contributed by atoms with E-state index in [-0.39, 0.29) is 17.9 Å². The number of hydrogen-bond acceptors (Lipinski definition) is 2. The first-order chi connectivity index (χ1) is 4.72. The zero-order valence-electron chi connectivity index (χ0n) is 5.63. The molecule has 0 heterocycles. The Hall–Kier alpha value is -1.06. The van der Waals surface area contributed by atoms with E-state index in [9.17, 15) is 4.79 Å². The Balaban J connectivity index is 2.14. The van der Waals surface area contributed by atoms with Gasteiger partial charge in [-0.25, -0.2) is 0 Å². The van der Waals surface area contributed by atoms with Crippen LogP contribution >= 0.6 is 0 Å². The van der Waals surface area contributed by atoms with Crippen molar-refractivity contribution >= 4 is 12.2 Å². The van der Waals surface area contributed by atoms with Crippen LogP contribution in [0.2, 0.25) is 0 Å². The van der Waals surface area contributed by atoms with Crippen LogP contribution in [-0.2, 0) is 4.79 Å². The lowest BCUT2D eigenvalue weighted by molar-refractivity contribution is -0.113. The fourth-order valence-electron chi connectivity index (χ4n) is 1.11. The van der Waals surface area contributed by atoms with Gasteiger partial charge in [-0.05, 0) is 12.8 Å². The minimum atomic E-state index is -0.00523. The van der Waals surface area contributed by atoms with Gasteiger partial charge in [0.2, 0.25) is 0 Å². The van der Waals surface area contributed by atoms with E-state index in [1.54, 1.807) is 0 Å². The number of nitrogens with one attached hydrogen (secondary N) is 2. The molecule has 1 rings (SSSR count). The molecule has 0 aromatic carbocycles. The molecule has 0 saturated heterocycles. The summed E-state index contributed by atoms with van der Waals surface area (Å²) < 4.78 is 0. The van der Waals surface area contributed by atoms with Gasteiger partial charge in [0, 0.05) is 12.0 Å². The van der Waals surface area contributed by atoms with E-state index in [1.807, 2.05) is 0 Å². The maximum Gasteiger partial charge on any atom is 0.185 e. The van der Waals surface area contributed by atoms with Crippen LogP contribution in [0.5, 0.6) is 0 Å². The highest BCUT2D eigenvalue weighted by Gasteiger charge is 2.28. The van der Waals surface area contributed by atoms with Crippen molar-refractivity contribution in [3.8, 4) is 0 Å². The van der Waals surface area contributed by atoms with Gasteiger partial charge in [0.25, 0.3) is 0 Å². The standard InChI is InChI=1S/C6H11N3O/c7-6(8)9-5-1-4(2-5)3-10/h3-5H,1-2H2,(H4,7,8,9)/t4-,5-. The SMILES string of the molecule is N=C(N)N[C@H]1C[C@H](C=O)C1. The van der Waals surface area contributed by atoms with E-state index >= 15 is 0 Å². The van der Waals surface area contributed by atoms with E-state index in [1.165, 1.54) is 0 Å². The maximum atomic E-state index is 10.1. The summed E-state index contributed by atoms with van der Waals surface area (Å²) in [6, 6.07) is 0.257. The van der Waals surface area contributed by atoms with Crippen molar-refractivity contribution in [1.29, 1.82) is 5.41 Å². The van der Waals surface area contributed by atoms with Gasteiger partial charge in [0.05, 0.1) is 0 Å². The highest BCUT2D eigenvalue weighted by Crippen LogP contribution is 2.24. The molecule has 1 saturated carbocycles. The minimum Gasteiger partial charge on any atom is -0.370 e. The zero-order valence-corrected chi connectivity index (χ0v) is 5.63. The highest BCUT2D eigenvalue weighted by molar-refractivity contribution is 5.75. The normalized spacial score (nSPS) is 30.4. The van der Waals surface area contributed by atoms with Crippen molar-refractivity contribution in [3.63, 3.8) is 0 Å². The number of hydrogen-bond donors (Lipinski definition) is 3. The number of carbonyl (C=O) groups excluding carboxylic acids is 1. The lowest BCUT2D eigenvalue weighted by Crippen LogP contribution is -2.47. The van der Waals surface area contributed by atoms with Crippen LogP contribution in [0.15, 0.2) is 0 Å². The van der Waals surface area contributed by atoms with E-state index in [2.05, 4.69) is 5.32 Å². The lowest BCUT2D eigenvalue weighted by Gasteiger charge is -2.32. The average Bonchev–Trinajstić information content (AvgIpc) is 1.76. The van der Waals surface area contributed by atoms with Crippen molar-refractivity contribution < 1.29 is 4.79 Å². The Labute approximate surface area is 59.3 Å². The molecule has 0 aliphatic heterocycles. The van der Waals surface area contributed by atoms with Crippen LogP contribution in [0.4, 0.5) is 0 Å². The molecule has 1 fully saturated rings. The number of guanidine groups is 1. The highest BCUT2D eigenvalue weighted by atomic mass is 16.1. The van der Waals surface area contributed by atoms with Gasteiger partial charge in [-0.15, -0.1) is 0 Å². The summed E-state index contributed by atoms with van der Waals surface area (Å²) in [6.45, 7) is 0. The lowest BCUT2D eigenvalue weighted by atomic mass is 9.81. The number of carbonyl (C=O) groups is 1. The van der Waals surface area contributed by atoms with Gasteiger partial charge in [0.15, 0.2) is 5.96 Å². The van der Waals surface area contributed by atoms with Gasteiger partial charge in [0.1, 0.15) is 6.29 Å². The van der Waals surface area contributed by atoms with Gasteiger partial charge in [-0.2, -0.15) is 0 Å². The Morgan fingerprint density at radius 2 is 2.30 bits per heavy atom. The van der Waals surface area contributed by atoms with Crippen LogP contribution in [0.1, 0.15) is 12.8 Å². The molecule has 0 amide bonds. The van der Waals surface area contributed by atoms with Crippen molar-refractivity contribution in [1.82, 2.24) is 5.32 Å². The summed E-state index contributed by atoms with van der Waals surface area (Å²) in [4.78, 5) is 10.1. The largest absolute Gasteiger partial charge is 0.370 e. The first kappa shape index (κ1) is 7.05. The molecule has 0 aromatic heterocycles. The third-order valence-corrected chi connectivity index (χ3v) is 1.73. The molecule has 0 aromatic rings. The predicted molar refractivity (Wildman–Crippen MR) is 37.6 cm³/mol. The zero-order chi connectivity index (χ0) is 7.56. The predicted octanol–water partition coefficient (Wildman–Crippen LogP) is -0.553. The molecule has 56 valence electrons. The molecular weight excluding hydrogens is 130 g/mol. The smallest absolute Gasteiger partial charge is 0.185 e. The first-order valence-electron chi connectivity index (χ1n) is 3.28. The van der Waals surface area contributed by atoms with E-state index in [4.69, 9.17) is 11.1 Å². The van der Waals surface area contributed by atoms with Crippen LogP contribution in [0.3, 0.4) is 0 Å². The van der Waals surface area contributed by atoms with Crippen LogP contribution in [0.25, 0.3) is 0 Å². The van der Waals surface area contributed by atoms with E-state index in [0.29, 0.717) is 0 Å². The monoisotopic (exact) mass is 141 g/mol.